The summed E-state index contributed by atoms with van der Waals surface area (Å²) >= 11 is 0. The second kappa shape index (κ2) is 7.75. The van der Waals surface area contributed by atoms with Crippen LogP contribution in [0.15, 0.2) is 30.1 Å². The first kappa shape index (κ1) is 21.0. The quantitative estimate of drug-likeness (QED) is 0.321. The first-order valence-electron chi connectivity index (χ1n) is 11.1. The molecule has 0 aromatic carbocycles. The third-order valence-corrected chi connectivity index (χ3v) is 6.47. The van der Waals surface area contributed by atoms with Gasteiger partial charge in [-0.05, 0) is 13.8 Å². The molecule has 0 radical (unpaired) electrons. The van der Waals surface area contributed by atoms with E-state index in [1.54, 1.807) is 18.2 Å². The van der Waals surface area contributed by atoms with Crippen molar-refractivity contribution in [2.75, 3.05) is 25.2 Å². The van der Waals surface area contributed by atoms with Crippen molar-refractivity contribution in [2.45, 2.75) is 19.9 Å². The lowest BCUT2D eigenvalue weighted by Crippen LogP contribution is -2.38. The smallest absolute Gasteiger partial charge is 0.295 e. The van der Waals surface area contributed by atoms with E-state index in [0.717, 1.165) is 11.5 Å². The van der Waals surface area contributed by atoms with Gasteiger partial charge in [-0.2, -0.15) is 10.2 Å². The molecule has 2 aliphatic rings. The number of hydrogen-bond acceptors (Lipinski definition) is 9. The topological polar surface area (TPSA) is 150 Å². The molecule has 0 saturated carbocycles. The molecular formula is C22H22N10O3. The van der Waals surface area contributed by atoms with E-state index in [-0.39, 0.29) is 17.5 Å². The number of imidazole rings is 1. The molecule has 2 N–H and O–H groups in total. The highest BCUT2D eigenvalue weighted by Crippen LogP contribution is 2.34. The molecule has 178 valence electrons. The average Bonchev–Trinajstić information content (AvgIpc) is 3.66. The third-order valence-electron chi connectivity index (χ3n) is 6.47. The molecule has 2 aliphatic heterocycles. The Kier molecular flexibility index (Phi) is 4.65. The van der Waals surface area contributed by atoms with Crippen LogP contribution in [-0.2, 0) is 4.79 Å². The van der Waals surface area contributed by atoms with Crippen molar-refractivity contribution in [1.82, 2.24) is 39.6 Å². The number of nitrogens with zero attached hydrogens (tertiary/aromatic N) is 8. The maximum Gasteiger partial charge on any atom is 0.295 e. The highest BCUT2D eigenvalue weighted by molar-refractivity contribution is 6.45. The van der Waals surface area contributed by atoms with Crippen LogP contribution in [0.4, 0.5) is 5.82 Å². The van der Waals surface area contributed by atoms with Crippen LogP contribution in [0.3, 0.4) is 0 Å². The van der Waals surface area contributed by atoms with Crippen LogP contribution < -0.4 is 9.75 Å². The van der Waals surface area contributed by atoms with Gasteiger partial charge >= 0.3 is 0 Å². The molecule has 35 heavy (non-hydrogen) atoms. The van der Waals surface area contributed by atoms with Crippen LogP contribution in [0.5, 0.6) is 5.75 Å². The number of hydrogen-bond donors (Lipinski definition) is 2. The number of Topliss-reactive ketones (excluding diaryl/α,β-unsaturated/α-hetero) is 1. The summed E-state index contributed by atoms with van der Waals surface area (Å²) in [5, 5.41) is 11.1. The summed E-state index contributed by atoms with van der Waals surface area (Å²) < 4.78 is 6.98. The summed E-state index contributed by atoms with van der Waals surface area (Å²) in [5.41, 5.74) is 1.63. The number of ether oxygens (including phenoxy) is 1. The van der Waals surface area contributed by atoms with Crippen LogP contribution >= 0.6 is 0 Å². The normalized spacial score (nSPS) is 19.1. The second-order valence-electron chi connectivity index (χ2n) is 8.57. The van der Waals surface area contributed by atoms with Crippen LogP contribution in [0.2, 0.25) is 0 Å². The van der Waals surface area contributed by atoms with E-state index in [9.17, 15) is 9.59 Å². The van der Waals surface area contributed by atoms with Gasteiger partial charge in [-0.1, -0.05) is 0 Å². The number of hydrazone groups is 1. The van der Waals surface area contributed by atoms with Crippen molar-refractivity contribution in [1.29, 1.82) is 0 Å². The number of likely N-dealkylation sites (tertiary alicyclic amines) is 1. The van der Waals surface area contributed by atoms with Crippen LogP contribution in [0.1, 0.15) is 21.9 Å². The van der Waals surface area contributed by atoms with E-state index in [0.29, 0.717) is 41.4 Å². The summed E-state index contributed by atoms with van der Waals surface area (Å²) in [4.78, 5) is 47.3. The van der Waals surface area contributed by atoms with Gasteiger partial charge in [0, 0.05) is 31.4 Å². The molecule has 4 aromatic heterocycles. The fourth-order valence-electron chi connectivity index (χ4n) is 4.74. The number of amides is 1. The van der Waals surface area contributed by atoms with Gasteiger partial charge in [0.2, 0.25) is 0 Å². The Balaban J connectivity index is 1.30. The Hall–Kier alpha value is -4.55. The average molecular weight is 474 g/mol. The van der Waals surface area contributed by atoms with Crippen molar-refractivity contribution in [3.05, 3.63) is 42.1 Å². The van der Waals surface area contributed by atoms with Crippen LogP contribution in [-0.4, -0.2) is 83.7 Å². The Morgan fingerprint density at radius 1 is 1.11 bits per heavy atom. The number of aryl methyl sites for hydroxylation is 2. The number of carbonyl (C=O) groups excluding carboxylic acids is 2. The van der Waals surface area contributed by atoms with Gasteiger partial charge in [-0.3, -0.25) is 9.59 Å². The van der Waals surface area contributed by atoms with Gasteiger partial charge < -0.3 is 19.6 Å². The molecule has 0 aliphatic carbocycles. The minimum Gasteiger partial charge on any atom is -0.494 e. The molecular weight excluding hydrogens is 452 g/mol. The standard InChI is InChI=1S/C22H22N10O3/c1-11-20(26-9-25-11)32-15-8-30(7-13(15)4-28-32)22(34)19(33)14-5-23-18-17(14)16(35-3)6-24-21(18)31-10-27-12(2)29-31/h4-6,9-10,13,15,23H,7-8H2,1-3H3,(H,25,26). The van der Waals surface area contributed by atoms with Crippen molar-refractivity contribution in [3.63, 3.8) is 0 Å². The van der Waals surface area contributed by atoms with Crippen LogP contribution in [0, 0.1) is 19.8 Å². The number of fused-ring (bicyclic) bond motifs is 2. The number of methoxy groups -OCH3 is 1. The number of rotatable bonds is 5. The lowest BCUT2D eigenvalue weighted by atomic mass is 10.1. The Morgan fingerprint density at radius 2 is 1.97 bits per heavy atom. The van der Waals surface area contributed by atoms with E-state index in [2.05, 4.69) is 35.1 Å². The molecule has 6 heterocycles. The fourth-order valence-corrected chi connectivity index (χ4v) is 4.74. The number of ketones is 1. The summed E-state index contributed by atoms with van der Waals surface area (Å²) in [5.74, 6) is 0.945. The van der Waals surface area contributed by atoms with E-state index in [1.165, 1.54) is 30.5 Å². The van der Waals surface area contributed by atoms with Crippen molar-refractivity contribution >= 4 is 34.6 Å². The maximum atomic E-state index is 13.4. The molecule has 2 unspecified atom stereocenters. The van der Waals surface area contributed by atoms with Crippen LogP contribution in [0.25, 0.3) is 16.7 Å². The first-order valence-corrected chi connectivity index (χ1v) is 11.1. The third kappa shape index (κ3) is 3.19. The zero-order valence-electron chi connectivity index (χ0n) is 19.3. The highest BCUT2D eigenvalue weighted by Gasteiger charge is 2.44. The monoisotopic (exact) mass is 474 g/mol. The van der Waals surface area contributed by atoms with Gasteiger partial charge in [0.1, 0.15) is 17.9 Å². The molecule has 1 saturated heterocycles. The molecule has 4 aromatic rings. The SMILES string of the molecule is COc1cnc(-n2cnc(C)n2)c2[nH]cc(C(=O)C(=O)N3CC4C=NN(c5nc[nH]c5C)C4C3)c12. The molecule has 1 fully saturated rings. The van der Waals surface area contributed by atoms with Gasteiger partial charge in [-0.15, -0.1) is 0 Å². The molecule has 13 heteroatoms. The minimum atomic E-state index is -0.624. The number of anilines is 1. The van der Waals surface area contributed by atoms with Gasteiger partial charge in [-0.25, -0.2) is 24.6 Å². The Labute approximate surface area is 198 Å². The zero-order chi connectivity index (χ0) is 24.3. The van der Waals surface area contributed by atoms with E-state index < -0.39 is 11.7 Å². The van der Waals surface area contributed by atoms with Gasteiger partial charge in [0.05, 0.1) is 47.8 Å². The minimum absolute atomic E-state index is 0.0201. The number of nitrogens with one attached hydrogen (secondary N) is 2. The Morgan fingerprint density at radius 3 is 2.69 bits per heavy atom. The summed E-state index contributed by atoms with van der Waals surface area (Å²) in [7, 11) is 1.49. The van der Waals surface area contributed by atoms with E-state index in [1.807, 2.05) is 18.1 Å². The van der Waals surface area contributed by atoms with E-state index in [4.69, 9.17) is 4.74 Å². The van der Waals surface area contributed by atoms with Gasteiger partial charge in [0.15, 0.2) is 11.6 Å². The zero-order valence-corrected chi connectivity index (χ0v) is 19.3. The summed E-state index contributed by atoms with van der Waals surface area (Å²) in [6.07, 6.45) is 7.99. The number of carbonyl (C=O) groups is 2. The fraction of sp³-hybridized carbons (Fsp3) is 0.318. The van der Waals surface area contributed by atoms with E-state index >= 15 is 0 Å². The number of aromatic nitrogens is 7. The Bertz CT molecular complexity index is 1500. The lowest BCUT2D eigenvalue weighted by molar-refractivity contribution is -0.125. The van der Waals surface area contributed by atoms with Crippen molar-refractivity contribution in [3.8, 4) is 11.6 Å². The number of H-pyrrole nitrogens is 2. The molecule has 13 nitrogen and oxygen atoms in total. The summed E-state index contributed by atoms with van der Waals surface area (Å²) in [6.45, 7) is 4.46. The predicted molar refractivity (Wildman–Crippen MR) is 125 cm³/mol. The molecule has 6 rings (SSSR count). The predicted octanol–water partition coefficient (Wildman–Crippen LogP) is 1.01. The van der Waals surface area contributed by atoms with Gasteiger partial charge in [0.25, 0.3) is 11.7 Å². The lowest BCUT2D eigenvalue weighted by Gasteiger charge is -2.22. The maximum absolute atomic E-state index is 13.4. The first-order chi connectivity index (χ1) is 17.0. The second-order valence-corrected chi connectivity index (χ2v) is 8.57. The van der Waals surface area contributed by atoms with Crippen molar-refractivity contribution in [2.24, 2.45) is 11.0 Å². The highest BCUT2D eigenvalue weighted by atomic mass is 16.5. The van der Waals surface area contributed by atoms with Crippen molar-refractivity contribution < 1.29 is 14.3 Å². The molecule has 1 amide bonds. The summed E-state index contributed by atoms with van der Waals surface area (Å²) in [6, 6.07) is -0.0717. The number of aromatic amines is 2. The molecule has 0 spiro atoms. The number of pyridine rings is 1. The molecule has 0 bridgehead atoms. The largest absolute Gasteiger partial charge is 0.494 e. The molecule has 2 atom stereocenters.